The highest BCUT2D eigenvalue weighted by Crippen LogP contribution is 2.10. The summed E-state index contributed by atoms with van der Waals surface area (Å²) in [6.07, 6.45) is 0.919. The van der Waals surface area contributed by atoms with E-state index in [0.29, 0.717) is 5.56 Å². The molecule has 1 atom stereocenters. The van der Waals surface area contributed by atoms with Gasteiger partial charge in [0.15, 0.2) is 0 Å². The molecule has 0 fully saturated rings. The summed E-state index contributed by atoms with van der Waals surface area (Å²) in [7, 11) is 0. The van der Waals surface area contributed by atoms with Crippen LogP contribution in [-0.4, -0.2) is 35.8 Å². The maximum atomic E-state index is 12.4. The Morgan fingerprint density at radius 1 is 1.18 bits per heavy atom. The molecule has 2 rings (SSSR count). The van der Waals surface area contributed by atoms with Gasteiger partial charge in [-0.05, 0) is 30.2 Å². The molecule has 146 valence electrons. The molecule has 2 aromatic carbocycles. The predicted molar refractivity (Wildman–Crippen MR) is 103 cm³/mol. The summed E-state index contributed by atoms with van der Waals surface area (Å²) >= 11 is 0. The molecule has 0 aromatic heterocycles. The van der Waals surface area contributed by atoms with E-state index in [1.165, 1.54) is 30.5 Å². The quantitative estimate of drug-likeness (QED) is 0.411. The number of hydrogen-bond donors (Lipinski definition) is 2. The molecule has 2 amide bonds. The highest BCUT2D eigenvalue weighted by atomic mass is 16.6. The maximum Gasteiger partial charge on any atom is 0.407 e. The Hall–Kier alpha value is -3.75. The SMILES string of the molecule is CCOC(=O)N[C@H](Cc1ccccc1)C(=O)N/N=C\c1ccc([N+](=O)[O-])cc1. The number of nitro groups is 1. The second-order valence-corrected chi connectivity index (χ2v) is 5.69. The lowest BCUT2D eigenvalue weighted by atomic mass is 10.1. The molecule has 0 bridgehead atoms. The summed E-state index contributed by atoms with van der Waals surface area (Å²) in [6, 6.07) is 14.0. The molecule has 0 aliphatic carbocycles. The van der Waals surface area contributed by atoms with Crippen molar-refractivity contribution >= 4 is 23.9 Å². The Morgan fingerprint density at radius 2 is 1.86 bits per heavy atom. The van der Waals surface area contributed by atoms with Crippen LogP contribution in [0.3, 0.4) is 0 Å². The van der Waals surface area contributed by atoms with Gasteiger partial charge in [0, 0.05) is 18.6 Å². The van der Waals surface area contributed by atoms with Crippen LogP contribution in [-0.2, 0) is 16.0 Å². The van der Waals surface area contributed by atoms with Crippen molar-refractivity contribution in [3.63, 3.8) is 0 Å². The Balaban J connectivity index is 2.01. The van der Waals surface area contributed by atoms with E-state index in [4.69, 9.17) is 4.74 Å². The number of rotatable bonds is 8. The zero-order chi connectivity index (χ0) is 20.4. The summed E-state index contributed by atoms with van der Waals surface area (Å²) in [5, 5.41) is 17.0. The molecule has 9 nitrogen and oxygen atoms in total. The number of hydrogen-bond acceptors (Lipinski definition) is 6. The third-order valence-corrected chi connectivity index (χ3v) is 3.66. The molecule has 0 saturated heterocycles. The molecule has 9 heteroatoms. The number of amides is 2. The molecular formula is C19H20N4O5. The van der Waals surface area contributed by atoms with Crippen molar-refractivity contribution < 1.29 is 19.2 Å². The third-order valence-electron chi connectivity index (χ3n) is 3.66. The van der Waals surface area contributed by atoms with Crippen molar-refractivity contribution in [1.82, 2.24) is 10.7 Å². The normalized spacial score (nSPS) is 11.6. The van der Waals surface area contributed by atoms with Crippen LogP contribution in [0, 0.1) is 10.1 Å². The minimum atomic E-state index is -0.879. The van der Waals surface area contributed by atoms with Gasteiger partial charge in [0.1, 0.15) is 6.04 Å². The highest BCUT2D eigenvalue weighted by Gasteiger charge is 2.21. The molecule has 0 spiro atoms. The molecule has 0 saturated carbocycles. The summed E-state index contributed by atoms with van der Waals surface area (Å²) < 4.78 is 4.84. The number of carbonyl (C=O) groups is 2. The van der Waals surface area contributed by atoms with Crippen molar-refractivity contribution in [3.05, 3.63) is 75.8 Å². The van der Waals surface area contributed by atoms with Gasteiger partial charge in [-0.15, -0.1) is 0 Å². The van der Waals surface area contributed by atoms with E-state index in [2.05, 4.69) is 15.8 Å². The average Bonchev–Trinajstić information content (AvgIpc) is 2.69. The third kappa shape index (κ3) is 6.52. The summed E-state index contributed by atoms with van der Waals surface area (Å²) in [5.41, 5.74) is 3.76. The first kappa shape index (κ1) is 20.6. The van der Waals surface area contributed by atoms with E-state index in [1.807, 2.05) is 30.3 Å². The fourth-order valence-electron chi connectivity index (χ4n) is 2.30. The average molecular weight is 384 g/mol. The van der Waals surface area contributed by atoms with Crippen molar-refractivity contribution in [2.75, 3.05) is 6.61 Å². The number of nitro benzene ring substituents is 1. The van der Waals surface area contributed by atoms with Crippen LogP contribution < -0.4 is 10.7 Å². The van der Waals surface area contributed by atoms with Crippen LogP contribution in [0.5, 0.6) is 0 Å². The van der Waals surface area contributed by atoms with Crippen molar-refractivity contribution in [2.24, 2.45) is 5.10 Å². The van der Waals surface area contributed by atoms with Crippen LogP contribution in [0.25, 0.3) is 0 Å². The molecule has 2 aromatic rings. The zero-order valence-electron chi connectivity index (χ0n) is 15.2. The molecule has 0 aliphatic rings. The minimum absolute atomic E-state index is 0.0391. The van der Waals surface area contributed by atoms with Crippen LogP contribution in [0.1, 0.15) is 18.1 Å². The van der Waals surface area contributed by atoms with Crippen LogP contribution in [0.15, 0.2) is 59.7 Å². The van der Waals surface area contributed by atoms with E-state index in [0.717, 1.165) is 5.56 Å². The second kappa shape index (κ2) is 10.4. The van der Waals surface area contributed by atoms with Crippen molar-refractivity contribution in [2.45, 2.75) is 19.4 Å². The Labute approximate surface area is 161 Å². The first-order chi connectivity index (χ1) is 13.5. The summed E-state index contributed by atoms with van der Waals surface area (Å²) in [5.74, 6) is -0.518. The van der Waals surface area contributed by atoms with Gasteiger partial charge in [0.05, 0.1) is 17.7 Å². The number of benzene rings is 2. The molecule has 0 heterocycles. The number of non-ortho nitro benzene ring substituents is 1. The van der Waals surface area contributed by atoms with E-state index in [-0.39, 0.29) is 18.7 Å². The maximum absolute atomic E-state index is 12.4. The summed E-state index contributed by atoms with van der Waals surface area (Å²) in [4.78, 5) is 34.3. The topological polar surface area (TPSA) is 123 Å². The van der Waals surface area contributed by atoms with Crippen molar-refractivity contribution in [1.29, 1.82) is 0 Å². The van der Waals surface area contributed by atoms with Crippen LogP contribution >= 0.6 is 0 Å². The fourth-order valence-corrected chi connectivity index (χ4v) is 2.30. The Morgan fingerprint density at radius 3 is 2.46 bits per heavy atom. The summed E-state index contributed by atoms with van der Waals surface area (Å²) in [6.45, 7) is 1.85. The number of alkyl carbamates (subject to hydrolysis) is 1. The number of nitrogens with zero attached hydrogens (tertiary/aromatic N) is 2. The Bertz CT molecular complexity index is 837. The number of hydrazone groups is 1. The molecule has 0 radical (unpaired) electrons. The van der Waals surface area contributed by atoms with Gasteiger partial charge in [-0.2, -0.15) is 5.10 Å². The standard InChI is InChI=1S/C19H20N4O5/c1-2-28-19(25)21-17(12-14-6-4-3-5-7-14)18(24)22-20-13-15-8-10-16(11-9-15)23(26)27/h3-11,13,17H,2,12H2,1H3,(H,21,25)(H,22,24)/b20-13-/t17-/m1/s1. The van der Waals surface area contributed by atoms with Gasteiger partial charge >= 0.3 is 6.09 Å². The molecular weight excluding hydrogens is 364 g/mol. The van der Waals surface area contributed by atoms with Crippen LogP contribution in [0.2, 0.25) is 0 Å². The molecule has 2 N–H and O–H groups in total. The zero-order valence-corrected chi connectivity index (χ0v) is 15.2. The lowest BCUT2D eigenvalue weighted by molar-refractivity contribution is -0.384. The minimum Gasteiger partial charge on any atom is -0.450 e. The number of ether oxygens (including phenoxy) is 1. The van der Waals surface area contributed by atoms with Gasteiger partial charge in [-0.3, -0.25) is 14.9 Å². The molecule has 28 heavy (non-hydrogen) atoms. The van der Waals surface area contributed by atoms with E-state index in [9.17, 15) is 19.7 Å². The van der Waals surface area contributed by atoms with Gasteiger partial charge in [-0.1, -0.05) is 30.3 Å². The Kier molecular flexibility index (Phi) is 7.64. The fraction of sp³-hybridized carbons (Fsp3) is 0.211. The van der Waals surface area contributed by atoms with Gasteiger partial charge in [0.2, 0.25) is 0 Å². The first-order valence-corrected chi connectivity index (χ1v) is 8.54. The van der Waals surface area contributed by atoms with Crippen molar-refractivity contribution in [3.8, 4) is 0 Å². The van der Waals surface area contributed by atoms with E-state index >= 15 is 0 Å². The van der Waals surface area contributed by atoms with E-state index < -0.39 is 23.0 Å². The lowest BCUT2D eigenvalue weighted by Gasteiger charge is -2.16. The second-order valence-electron chi connectivity index (χ2n) is 5.69. The lowest BCUT2D eigenvalue weighted by Crippen LogP contribution is -2.47. The van der Waals surface area contributed by atoms with Gasteiger partial charge in [-0.25, -0.2) is 10.2 Å². The van der Waals surface area contributed by atoms with Gasteiger partial charge < -0.3 is 10.1 Å². The number of carbonyl (C=O) groups excluding carboxylic acids is 2. The number of nitrogens with one attached hydrogen (secondary N) is 2. The predicted octanol–water partition coefficient (Wildman–Crippen LogP) is 2.40. The first-order valence-electron chi connectivity index (χ1n) is 8.54. The van der Waals surface area contributed by atoms with E-state index in [1.54, 1.807) is 6.92 Å². The van der Waals surface area contributed by atoms with Crippen LogP contribution in [0.4, 0.5) is 10.5 Å². The van der Waals surface area contributed by atoms with Gasteiger partial charge in [0.25, 0.3) is 11.6 Å². The highest BCUT2D eigenvalue weighted by molar-refractivity contribution is 5.87. The molecule has 0 aliphatic heterocycles. The monoisotopic (exact) mass is 384 g/mol. The smallest absolute Gasteiger partial charge is 0.407 e. The molecule has 0 unspecified atom stereocenters. The largest absolute Gasteiger partial charge is 0.450 e.